The summed E-state index contributed by atoms with van der Waals surface area (Å²) in [6.07, 6.45) is 4.25. The highest BCUT2D eigenvalue weighted by molar-refractivity contribution is 5.85. The van der Waals surface area contributed by atoms with Crippen LogP contribution in [0.2, 0.25) is 0 Å². The Hall–Kier alpha value is -0.990. The van der Waals surface area contributed by atoms with Crippen LogP contribution in [0.25, 0.3) is 6.08 Å². The second-order valence-corrected chi connectivity index (χ2v) is 3.13. The molecular formula is C11H14ClNO. The van der Waals surface area contributed by atoms with E-state index in [4.69, 9.17) is 5.11 Å². The normalized spacial score (nSPS) is 13.4. The van der Waals surface area contributed by atoms with Crippen molar-refractivity contribution >= 4 is 24.2 Å². The van der Waals surface area contributed by atoms with Crippen LogP contribution in [-0.4, -0.2) is 24.8 Å². The van der Waals surface area contributed by atoms with Crippen molar-refractivity contribution in [1.82, 2.24) is 0 Å². The molecule has 1 heterocycles. The maximum absolute atomic E-state index is 8.88. The molecule has 3 heteroatoms. The number of hydrogen-bond donors (Lipinski definition) is 1. The van der Waals surface area contributed by atoms with Crippen molar-refractivity contribution in [3.05, 3.63) is 35.9 Å². The molecule has 1 aliphatic heterocycles. The number of hydrogen-bond acceptors (Lipinski definition) is 2. The second kappa shape index (κ2) is 5.03. The lowest BCUT2D eigenvalue weighted by molar-refractivity contribution is 0.303. The highest BCUT2D eigenvalue weighted by Gasteiger charge is 2.10. The van der Waals surface area contributed by atoms with Crippen molar-refractivity contribution in [3.8, 4) is 0 Å². The maximum Gasteiger partial charge on any atom is 0.0606 e. The first-order valence-electron chi connectivity index (χ1n) is 4.53. The van der Waals surface area contributed by atoms with E-state index in [1.165, 1.54) is 11.3 Å². The quantitative estimate of drug-likeness (QED) is 0.808. The van der Waals surface area contributed by atoms with Crippen molar-refractivity contribution in [2.45, 2.75) is 0 Å². The summed E-state index contributed by atoms with van der Waals surface area (Å²) in [5, 5.41) is 8.88. The molecule has 1 aromatic rings. The number of rotatable bonds is 2. The molecule has 0 aliphatic carbocycles. The van der Waals surface area contributed by atoms with Gasteiger partial charge in [0.2, 0.25) is 0 Å². The lowest BCUT2D eigenvalue weighted by Crippen LogP contribution is -2.28. The topological polar surface area (TPSA) is 23.5 Å². The van der Waals surface area contributed by atoms with Gasteiger partial charge in [-0.05, 0) is 11.6 Å². The van der Waals surface area contributed by atoms with Crippen LogP contribution in [0.5, 0.6) is 0 Å². The van der Waals surface area contributed by atoms with Crippen LogP contribution in [0.1, 0.15) is 5.56 Å². The Labute approximate surface area is 90.3 Å². The van der Waals surface area contributed by atoms with E-state index in [0.29, 0.717) is 6.54 Å². The molecule has 0 amide bonds. The molecule has 2 rings (SSSR count). The Morgan fingerprint density at radius 2 is 2.07 bits per heavy atom. The maximum atomic E-state index is 8.88. The largest absolute Gasteiger partial charge is 0.395 e. The van der Waals surface area contributed by atoms with Crippen molar-refractivity contribution in [1.29, 1.82) is 0 Å². The summed E-state index contributed by atoms with van der Waals surface area (Å²) in [4.78, 5) is 2.18. The molecule has 2 nitrogen and oxygen atoms in total. The zero-order valence-electron chi connectivity index (χ0n) is 7.89. The summed E-state index contributed by atoms with van der Waals surface area (Å²) in [5.41, 5.74) is 2.46. The first-order valence-corrected chi connectivity index (χ1v) is 4.53. The average molecular weight is 212 g/mol. The third-order valence-electron chi connectivity index (χ3n) is 2.27. The zero-order chi connectivity index (χ0) is 9.10. The van der Waals surface area contributed by atoms with Gasteiger partial charge < -0.3 is 10.0 Å². The van der Waals surface area contributed by atoms with E-state index >= 15 is 0 Å². The molecule has 1 aromatic carbocycles. The molecule has 1 N–H and O–H groups in total. The van der Waals surface area contributed by atoms with Crippen molar-refractivity contribution in [2.24, 2.45) is 0 Å². The van der Waals surface area contributed by atoms with E-state index in [9.17, 15) is 0 Å². The molecule has 76 valence electrons. The molecule has 0 unspecified atom stereocenters. The molecule has 0 saturated carbocycles. The minimum atomic E-state index is 0. The fourth-order valence-electron chi connectivity index (χ4n) is 1.65. The number of benzene rings is 1. The number of para-hydroxylation sites is 1. The molecule has 0 saturated heterocycles. The molecule has 0 spiro atoms. The Morgan fingerprint density at radius 3 is 2.86 bits per heavy atom. The lowest BCUT2D eigenvalue weighted by atomic mass is 10.1. The fraction of sp³-hybridized carbons (Fsp3) is 0.273. The molecule has 0 atom stereocenters. The average Bonchev–Trinajstić information content (AvgIpc) is 2.19. The van der Waals surface area contributed by atoms with E-state index in [-0.39, 0.29) is 19.0 Å². The van der Waals surface area contributed by atoms with Gasteiger partial charge in [-0.15, -0.1) is 12.4 Å². The van der Waals surface area contributed by atoms with Crippen LogP contribution in [0.3, 0.4) is 0 Å². The highest BCUT2D eigenvalue weighted by atomic mass is 35.5. The number of anilines is 1. The van der Waals surface area contributed by atoms with E-state index in [2.05, 4.69) is 29.2 Å². The summed E-state index contributed by atoms with van der Waals surface area (Å²) in [6, 6.07) is 8.25. The van der Waals surface area contributed by atoms with Crippen molar-refractivity contribution in [2.75, 3.05) is 24.6 Å². The summed E-state index contributed by atoms with van der Waals surface area (Å²) in [6.45, 7) is 1.82. The molecule has 0 fully saturated rings. The Balaban J connectivity index is 0.000000980. The molecule has 0 bridgehead atoms. The first kappa shape index (κ1) is 11.1. The monoisotopic (exact) mass is 211 g/mol. The third kappa shape index (κ3) is 2.08. The van der Waals surface area contributed by atoms with Gasteiger partial charge in [-0.1, -0.05) is 30.4 Å². The molecular weight excluding hydrogens is 198 g/mol. The smallest absolute Gasteiger partial charge is 0.0606 e. The van der Waals surface area contributed by atoms with Gasteiger partial charge in [0.05, 0.1) is 6.61 Å². The Morgan fingerprint density at radius 1 is 1.29 bits per heavy atom. The van der Waals surface area contributed by atoms with Crippen LogP contribution >= 0.6 is 12.4 Å². The van der Waals surface area contributed by atoms with E-state index in [1.54, 1.807) is 0 Å². The summed E-state index contributed by atoms with van der Waals surface area (Å²) >= 11 is 0. The van der Waals surface area contributed by atoms with E-state index in [1.807, 2.05) is 12.1 Å². The third-order valence-corrected chi connectivity index (χ3v) is 2.27. The minimum Gasteiger partial charge on any atom is -0.395 e. The van der Waals surface area contributed by atoms with Crippen molar-refractivity contribution < 1.29 is 5.11 Å². The molecule has 0 radical (unpaired) electrons. The number of aliphatic hydroxyl groups is 1. The van der Waals surface area contributed by atoms with Gasteiger partial charge >= 0.3 is 0 Å². The standard InChI is InChI=1S/C11H13NO.ClH/c13-9-8-12-7-3-5-10-4-1-2-6-11(10)12;/h1-6,13H,7-9H2;1H. The van der Waals surface area contributed by atoms with Gasteiger partial charge in [0.15, 0.2) is 0 Å². The predicted molar refractivity (Wildman–Crippen MR) is 62.0 cm³/mol. The zero-order valence-corrected chi connectivity index (χ0v) is 8.70. The molecule has 0 aromatic heterocycles. The number of β-amino-alcohol motifs (C(OH)–C–C–N with tert-alkyl or cyclic N) is 1. The predicted octanol–water partition coefficient (Wildman–Crippen LogP) is 1.93. The van der Waals surface area contributed by atoms with Crippen LogP contribution in [0, 0.1) is 0 Å². The van der Waals surface area contributed by atoms with Crippen LogP contribution < -0.4 is 4.90 Å². The Kier molecular flexibility index (Phi) is 3.98. The van der Waals surface area contributed by atoms with Gasteiger partial charge in [-0.3, -0.25) is 0 Å². The highest BCUT2D eigenvalue weighted by Crippen LogP contribution is 2.24. The minimum absolute atomic E-state index is 0. The summed E-state index contributed by atoms with van der Waals surface area (Å²) in [7, 11) is 0. The van der Waals surface area contributed by atoms with Gasteiger partial charge in [-0.2, -0.15) is 0 Å². The number of halogens is 1. The van der Waals surface area contributed by atoms with Gasteiger partial charge in [0.25, 0.3) is 0 Å². The first-order chi connectivity index (χ1) is 6.42. The van der Waals surface area contributed by atoms with Crippen LogP contribution in [-0.2, 0) is 0 Å². The lowest BCUT2D eigenvalue weighted by Gasteiger charge is -2.27. The summed E-state index contributed by atoms with van der Waals surface area (Å²) in [5.74, 6) is 0. The SMILES string of the molecule is Cl.OCCN1CC=Cc2ccccc21. The van der Waals surface area contributed by atoms with Gasteiger partial charge in [0, 0.05) is 18.8 Å². The van der Waals surface area contributed by atoms with Crippen LogP contribution in [0.4, 0.5) is 5.69 Å². The number of nitrogens with zero attached hydrogens (tertiary/aromatic N) is 1. The van der Waals surface area contributed by atoms with Gasteiger partial charge in [0.1, 0.15) is 0 Å². The Bertz CT molecular complexity index is 325. The molecule has 1 aliphatic rings. The van der Waals surface area contributed by atoms with Gasteiger partial charge in [-0.25, -0.2) is 0 Å². The second-order valence-electron chi connectivity index (χ2n) is 3.13. The van der Waals surface area contributed by atoms with Crippen molar-refractivity contribution in [3.63, 3.8) is 0 Å². The van der Waals surface area contributed by atoms with Crippen LogP contribution in [0.15, 0.2) is 30.3 Å². The number of aliphatic hydroxyl groups excluding tert-OH is 1. The summed E-state index contributed by atoms with van der Waals surface area (Å²) < 4.78 is 0. The van der Waals surface area contributed by atoms with E-state index < -0.39 is 0 Å². The molecule has 14 heavy (non-hydrogen) atoms. The fourth-order valence-corrected chi connectivity index (χ4v) is 1.65. The van der Waals surface area contributed by atoms with E-state index in [0.717, 1.165) is 6.54 Å². The number of fused-ring (bicyclic) bond motifs is 1.